The van der Waals surface area contributed by atoms with Crippen LogP contribution in [0.15, 0.2) is 0 Å². The van der Waals surface area contributed by atoms with Crippen molar-refractivity contribution in [2.75, 3.05) is 18.6 Å². The Balaban J connectivity index is 2.56. The zero-order chi connectivity index (χ0) is 12.3. The summed E-state index contributed by atoms with van der Waals surface area (Å²) in [4.78, 5) is 13.6. The Morgan fingerprint density at radius 3 is 2.44 bits per heavy atom. The number of carbonyl (C=O) groups excluding carboxylic acids is 1. The predicted octanol–water partition coefficient (Wildman–Crippen LogP) is -0.302. The number of thiocarbonyl (C=S) groups is 1. The van der Waals surface area contributed by atoms with Gasteiger partial charge in [-0.25, -0.2) is 8.42 Å². The molecule has 0 heterocycles. The lowest BCUT2D eigenvalue weighted by Gasteiger charge is -2.21. The summed E-state index contributed by atoms with van der Waals surface area (Å²) in [5.41, 5.74) is 5.36. The summed E-state index contributed by atoms with van der Waals surface area (Å²) in [6.07, 6.45) is 3.38. The normalized spacial score (nSPS) is 15.8. The minimum absolute atomic E-state index is 0.184. The number of rotatable bonds is 6. The number of hydrogen-bond acceptors (Lipinski definition) is 4. The van der Waals surface area contributed by atoms with Crippen LogP contribution in [0.5, 0.6) is 0 Å². The van der Waals surface area contributed by atoms with Gasteiger partial charge in [-0.15, -0.1) is 0 Å². The third-order valence-corrected chi connectivity index (χ3v) is 3.27. The van der Waals surface area contributed by atoms with Crippen LogP contribution >= 0.6 is 12.2 Å². The molecule has 2 N–H and O–H groups in total. The van der Waals surface area contributed by atoms with Gasteiger partial charge in [-0.1, -0.05) is 12.2 Å². The van der Waals surface area contributed by atoms with Gasteiger partial charge < -0.3 is 10.6 Å². The molecule has 1 aliphatic carbocycles. The van der Waals surface area contributed by atoms with Crippen molar-refractivity contribution in [3.05, 3.63) is 0 Å². The van der Waals surface area contributed by atoms with E-state index in [1.165, 1.54) is 0 Å². The molecule has 92 valence electrons. The molecular formula is C9H16N2O3S2. The summed E-state index contributed by atoms with van der Waals surface area (Å²) >= 11 is 4.74. The van der Waals surface area contributed by atoms with Crippen LogP contribution in [0, 0.1) is 0 Å². The van der Waals surface area contributed by atoms with Gasteiger partial charge in [0.25, 0.3) is 0 Å². The molecule has 0 atom stereocenters. The first-order valence-corrected chi connectivity index (χ1v) is 7.52. The molecule has 0 aromatic heterocycles. The highest BCUT2D eigenvalue weighted by atomic mass is 32.2. The molecule has 1 rings (SSSR count). The smallest absolute Gasteiger partial charge is 0.238 e. The van der Waals surface area contributed by atoms with Gasteiger partial charge in [-0.3, -0.25) is 4.79 Å². The summed E-state index contributed by atoms with van der Waals surface area (Å²) in [6.45, 7) is 0.425. The van der Waals surface area contributed by atoms with Gasteiger partial charge in [0.1, 0.15) is 5.75 Å². The second-order valence-corrected chi connectivity index (χ2v) is 6.77. The van der Waals surface area contributed by atoms with Crippen LogP contribution in [0.4, 0.5) is 0 Å². The standard InChI is InChI=1S/C9H16N2O3S2/c1-16(13,14)6-9(12)11(7-2-3-7)5-4-8(10)15/h7H,2-6H2,1H3,(H2,10,15). The van der Waals surface area contributed by atoms with Crippen molar-refractivity contribution in [2.24, 2.45) is 5.73 Å². The summed E-state index contributed by atoms with van der Waals surface area (Å²) < 4.78 is 22.1. The number of carbonyl (C=O) groups is 1. The molecule has 7 heteroatoms. The molecule has 1 aliphatic rings. The van der Waals surface area contributed by atoms with Gasteiger partial charge in [0.15, 0.2) is 9.84 Å². The number of hydrogen-bond donors (Lipinski definition) is 1. The Bertz CT molecular complexity index is 388. The van der Waals surface area contributed by atoms with Crippen molar-refractivity contribution in [3.63, 3.8) is 0 Å². The molecule has 0 bridgehead atoms. The van der Waals surface area contributed by atoms with E-state index in [-0.39, 0.29) is 11.9 Å². The number of nitrogens with two attached hydrogens (primary N) is 1. The SMILES string of the molecule is CS(=O)(=O)CC(=O)N(CCC(N)=S)C1CC1. The van der Waals surface area contributed by atoms with Gasteiger partial charge in [0.2, 0.25) is 5.91 Å². The monoisotopic (exact) mass is 264 g/mol. The van der Waals surface area contributed by atoms with E-state index in [4.69, 9.17) is 18.0 Å². The van der Waals surface area contributed by atoms with Crippen LogP contribution in [-0.2, 0) is 14.6 Å². The maximum atomic E-state index is 11.7. The molecule has 1 fully saturated rings. The molecule has 0 aromatic rings. The fourth-order valence-corrected chi connectivity index (χ4v) is 2.14. The maximum Gasteiger partial charge on any atom is 0.238 e. The van der Waals surface area contributed by atoms with E-state index in [0.717, 1.165) is 19.1 Å². The molecule has 1 saturated carbocycles. The fraction of sp³-hybridized carbons (Fsp3) is 0.778. The van der Waals surface area contributed by atoms with Crippen molar-refractivity contribution >= 4 is 33.0 Å². The largest absolute Gasteiger partial charge is 0.393 e. The van der Waals surface area contributed by atoms with E-state index in [1.807, 2.05) is 0 Å². The molecule has 0 aromatic carbocycles. The third-order valence-electron chi connectivity index (χ3n) is 2.29. The van der Waals surface area contributed by atoms with Crippen molar-refractivity contribution in [1.82, 2.24) is 4.90 Å². The van der Waals surface area contributed by atoms with Gasteiger partial charge in [0.05, 0.1) is 4.99 Å². The van der Waals surface area contributed by atoms with Gasteiger partial charge >= 0.3 is 0 Å². The van der Waals surface area contributed by atoms with E-state index in [9.17, 15) is 13.2 Å². The second kappa shape index (κ2) is 5.09. The third kappa shape index (κ3) is 4.89. The first-order valence-electron chi connectivity index (χ1n) is 5.05. The summed E-state index contributed by atoms with van der Waals surface area (Å²) in [5.74, 6) is -0.776. The summed E-state index contributed by atoms with van der Waals surface area (Å²) in [7, 11) is -3.27. The zero-order valence-corrected chi connectivity index (χ0v) is 10.8. The van der Waals surface area contributed by atoms with Crippen molar-refractivity contribution in [2.45, 2.75) is 25.3 Å². The van der Waals surface area contributed by atoms with Crippen LogP contribution in [0.25, 0.3) is 0 Å². The van der Waals surface area contributed by atoms with Gasteiger partial charge in [0, 0.05) is 25.3 Å². The van der Waals surface area contributed by atoms with Crippen molar-refractivity contribution < 1.29 is 13.2 Å². The van der Waals surface area contributed by atoms with Crippen molar-refractivity contribution in [1.29, 1.82) is 0 Å². The molecule has 0 spiro atoms. The Morgan fingerprint density at radius 2 is 2.06 bits per heavy atom. The van der Waals surface area contributed by atoms with Crippen LogP contribution in [-0.4, -0.2) is 48.8 Å². The van der Waals surface area contributed by atoms with E-state index in [0.29, 0.717) is 18.0 Å². The number of nitrogens with zero attached hydrogens (tertiary/aromatic N) is 1. The van der Waals surface area contributed by atoms with Crippen LogP contribution in [0.1, 0.15) is 19.3 Å². The van der Waals surface area contributed by atoms with Crippen LogP contribution < -0.4 is 5.73 Å². The summed E-state index contributed by atoms with van der Waals surface area (Å²) in [5, 5.41) is 0. The van der Waals surface area contributed by atoms with Crippen LogP contribution in [0.3, 0.4) is 0 Å². The highest BCUT2D eigenvalue weighted by Gasteiger charge is 2.33. The minimum Gasteiger partial charge on any atom is -0.393 e. The summed E-state index contributed by atoms with van der Waals surface area (Å²) in [6, 6.07) is 0.184. The minimum atomic E-state index is -3.27. The first kappa shape index (κ1) is 13.4. The molecule has 5 nitrogen and oxygen atoms in total. The second-order valence-electron chi connectivity index (χ2n) is 4.10. The lowest BCUT2D eigenvalue weighted by Crippen LogP contribution is -2.39. The lowest BCUT2D eigenvalue weighted by molar-refractivity contribution is -0.128. The average molecular weight is 264 g/mol. The Morgan fingerprint density at radius 1 is 1.50 bits per heavy atom. The molecule has 0 radical (unpaired) electrons. The first-order chi connectivity index (χ1) is 7.29. The lowest BCUT2D eigenvalue weighted by atomic mass is 10.3. The van der Waals surface area contributed by atoms with Crippen molar-refractivity contribution in [3.8, 4) is 0 Å². The van der Waals surface area contributed by atoms with E-state index in [1.54, 1.807) is 4.90 Å². The molecule has 0 unspecified atom stereocenters. The average Bonchev–Trinajstić information content (AvgIpc) is 2.84. The number of sulfone groups is 1. The Labute approximate surface area is 101 Å². The Hall–Kier alpha value is -0.690. The number of amides is 1. The highest BCUT2D eigenvalue weighted by Crippen LogP contribution is 2.27. The van der Waals surface area contributed by atoms with Crippen LogP contribution in [0.2, 0.25) is 0 Å². The highest BCUT2D eigenvalue weighted by molar-refractivity contribution is 7.91. The zero-order valence-electron chi connectivity index (χ0n) is 9.18. The predicted molar refractivity (Wildman–Crippen MR) is 65.8 cm³/mol. The van der Waals surface area contributed by atoms with E-state index in [2.05, 4.69) is 0 Å². The van der Waals surface area contributed by atoms with Gasteiger partial charge in [-0.2, -0.15) is 0 Å². The fourth-order valence-electron chi connectivity index (χ4n) is 1.43. The van der Waals surface area contributed by atoms with Gasteiger partial charge in [-0.05, 0) is 12.8 Å². The molecular weight excluding hydrogens is 248 g/mol. The molecule has 0 aliphatic heterocycles. The van der Waals surface area contributed by atoms with E-state index >= 15 is 0 Å². The topological polar surface area (TPSA) is 80.5 Å². The Kier molecular flexibility index (Phi) is 4.26. The molecule has 16 heavy (non-hydrogen) atoms. The quantitative estimate of drug-likeness (QED) is 0.666. The van der Waals surface area contributed by atoms with E-state index < -0.39 is 15.6 Å². The molecule has 0 saturated heterocycles. The maximum absolute atomic E-state index is 11.7. The molecule has 1 amide bonds.